The highest BCUT2D eigenvalue weighted by Gasteiger charge is 2.52. The Labute approximate surface area is 249 Å². The van der Waals surface area contributed by atoms with Gasteiger partial charge < -0.3 is 0 Å². The van der Waals surface area contributed by atoms with Crippen molar-refractivity contribution in [1.29, 1.82) is 0 Å². The van der Waals surface area contributed by atoms with Gasteiger partial charge in [0.2, 0.25) is 0 Å². The van der Waals surface area contributed by atoms with Gasteiger partial charge in [0.15, 0.2) is 0 Å². The molecule has 6 rings (SSSR count). The van der Waals surface area contributed by atoms with E-state index < -0.39 is 0 Å². The Kier molecular flexibility index (Phi) is 5.79. The highest BCUT2D eigenvalue weighted by molar-refractivity contribution is 5.95. The van der Waals surface area contributed by atoms with Crippen molar-refractivity contribution in [3.05, 3.63) is 117 Å². The van der Waals surface area contributed by atoms with Crippen LogP contribution >= 0.6 is 0 Å². The Morgan fingerprint density at radius 3 is 0.683 bits per heavy atom. The van der Waals surface area contributed by atoms with Crippen molar-refractivity contribution in [2.75, 3.05) is 0 Å². The molecule has 41 heavy (non-hydrogen) atoms. The fourth-order valence-corrected chi connectivity index (χ4v) is 7.09. The molecule has 0 nitrogen and oxygen atoms in total. The SMILES string of the molecule is CC(C)(C)c1ccc2c(c1)C1(c3cc(C(C)(C)C)ccc3-2)c2cc(C(C)(C)C)ccc2-c2ccc(C(C)(C)C)cc21. The fourth-order valence-electron chi connectivity index (χ4n) is 7.09. The molecule has 0 N–H and O–H groups in total. The van der Waals surface area contributed by atoms with Crippen molar-refractivity contribution in [2.45, 2.75) is 110 Å². The number of fused-ring (bicyclic) bond motifs is 10. The normalized spacial score (nSPS) is 15.5. The summed E-state index contributed by atoms with van der Waals surface area (Å²) in [5.41, 5.74) is 16.8. The lowest BCUT2D eigenvalue weighted by Crippen LogP contribution is -2.28. The third-order valence-corrected chi connectivity index (χ3v) is 9.74. The van der Waals surface area contributed by atoms with Crippen molar-refractivity contribution < 1.29 is 0 Å². The molecule has 2 aliphatic rings. The second-order valence-electron chi connectivity index (χ2n) is 16.8. The second kappa shape index (κ2) is 8.47. The molecule has 0 amide bonds. The molecule has 0 bridgehead atoms. The maximum atomic E-state index is 2.55. The van der Waals surface area contributed by atoms with Crippen LogP contribution in [0.2, 0.25) is 0 Å². The fraction of sp³-hybridized carbons (Fsp3) is 0.415. The van der Waals surface area contributed by atoms with Crippen LogP contribution in [0.25, 0.3) is 22.3 Å². The maximum absolute atomic E-state index is 2.55. The Morgan fingerprint density at radius 2 is 0.512 bits per heavy atom. The standard InChI is InChI=1S/C41H48/c1-37(2,3)25-13-17-29-30-18-14-26(38(4,5)6)22-34(30)41(33(29)21-25)35-23-27(39(7,8)9)15-19-31(35)32-20-16-28(24-36(32)41)40(10,11)12/h13-24H,1-12H3. The maximum Gasteiger partial charge on any atom is 0.0725 e. The number of hydrogen-bond acceptors (Lipinski definition) is 0. The zero-order valence-corrected chi connectivity index (χ0v) is 27.4. The Morgan fingerprint density at radius 1 is 0.317 bits per heavy atom. The summed E-state index contributed by atoms with van der Waals surface area (Å²) in [6.45, 7) is 28.1. The molecule has 4 aromatic rings. The molecule has 0 saturated heterocycles. The average Bonchev–Trinajstić information content (AvgIpc) is 3.32. The van der Waals surface area contributed by atoms with Crippen LogP contribution in [0.15, 0.2) is 72.8 Å². The molecule has 0 fully saturated rings. The van der Waals surface area contributed by atoms with Crippen LogP contribution in [0.4, 0.5) is 0 Å². The summed E-state index contributed by atoms with van der Waals surface area (Å²) in [6, 6.07) is 29.4. The van der Waals surface area contributed by atoms with Gasteiger partial charge in [0, 0.05) is 0 Å². The van der Waals surface area contributed by atoms with E-state index in [4.69, 9.17) is 0 Å². The average molecular weight is 541 g/mol. The van der Waals surface area contributed by atoms with Crippen LogP contribution in [-0.4, -0.2) is 0 Å². The molecule has 0 unspecified atom stereocenters. The van der Waals surface area contributed by atoms with Gasteiger partial charge in [-0.15, -0.1) is 0 Å². The lowest BCUT2D eigenvalue weighted by molar-refractivity contribution is 0.582. The molecule has 1 spiro atoms. The third-order valence-electron chi connectivity index (χ3n) is 9.74. The van der Waals surface area contributed by atoms with Crippen LogP contribution in [0.3, 0.4) is 0 Å². The van der Waals surface area contributed by atoms with Crippen LogP contribution in [0, 0.1) is 0 Å². The summed E-state index contributed by atoms with van der Waals surface area (Å²) in [4.78, 5) is 0. The molecule has 2 aliphatic carbocycles. The van der Waals surface area contributed by atoms with E-state index in [1.165, 1.54) is 66.8 Å². The largest absolute Gasteiger partial charge is 0.0725 e. The Hall–Kier alpha value is -3.12. The van der Waals surface area contributed by atoms with E-state index in [2.05, 4.69) is 156 Å². The van der Waals surface area contributed by atoms with E-state index >= 15 is 0 Å². The van der Waals surface area contributed by atoms with Gasteiger partial charge in [0.05, 0.1) is 5.41 Å². The van der Waals surface area contributed by atoms with Gasteiger partial charge in [-0.2, -0.15) is 0 Å². The summed E-state index contributed by atoms with van der Waals surface area (Å²) >= 11 is 0. The van der Waals surface area contributed by atoms with Crippen LogP contribution in [0.5, 0.6) is 0 Å². The molecule has 0 aliphatic heterocycles. The topological polar surface area (TPSA) is 0 Å². The van der Waals surface area contributed by atoms with E-state index in [0.29, 0.717) is 0 Å². The van der Waals surface area contributed by atoms with Crippen molar-refractivity contribution in [2.24, 2.45) is 0 Å². The lowest BCUT2D eigenvalue weighted by atomic mass is 9.67. The molecule has 0 heterocycles. The zero-order valence-electron chi connectivity index (χ0n) is 27.4. The van der Waals surface area contributed by atoms with Gasteiger partial charge in [-0.25, -0.2) is 0 Å². The van der Waals surface area contributed by atoms with Crippen molar-refractivity contribution in [3.63, 3.8) is 0 Å². The molecular weight excluding hydrogens is 492 g/mol. The first-order chi connectivity index (χ1) is 18.8. The molecule has 0 radical (unpaired) electrons. The summed E-state index contributed by atoms with van der Waals surface area (Å²) < 4.78 is 0. The van der Waals surface area contributed by atoms with E-state index in [1.807, 2.05) is 0 Å². The third kappa shape index (κ3) is 4.08. The van der Waals surface area contributed by atoms with Crippen LogP contribution in [0.1, 0.15) is 128 Å². The highest BCUT2D eigenvalue weighted by atomic mass is 14.5. The zero-order chi connectivity index (χ0) is 29.9. The van der Waals surface area contributed by atoms with Gasteiger partial charge >= 0.3 is 0 Å². The predicted octanol–water partition coefficient (Wildman–Crippen LogP) is 11.2. The smallest absolute Gasteiger partial charge is 0.0579 e. The molecule has 0 atom stereocenters. The monoisotopic (exact) mass is 540 g/mol. The quantitative estimate of drug-likeness (QED) is 0.180. The Balaban J connectivity index is 1.83. The molecule has 0 saturated carbocycles. The number of hydrogen-bond donors (Lipinski definition) is 0. The lowest BCUT2D eigenvalue weighted by Gasteiger charge is -2.34. The minimum atomic E-state index is -0.347. The summed E-state index contributed by atoms with van der Waals surface area (Å²) in [5, 5.41) is 0. The highest BCUT2D eigenvalue weighted by Crippen LogP contribution is 2.64. The number of benzene rings is 4. The van der Waals surface area contributed by atoms with E-state index in [9.17, 15) is 0 Å². The summed E-state index contributed by atoms with van der Waals surface area (Å²) in [5.74, 6) is 0. The number of rotatable bonds is 0. The minimum Gasteiger partial charge on any atom is -0.0579 e. The molecule has 0 aromatic heterocycles. The predicted molar refractivity (Wildman–Crippen MR) is 178 cm³/mol. The molecule has 0 heteroatoms. The second-order valence-corrected chi connectivity index (χ2v) is 16.8. The molecular formula is C41H48. The van der Waals surface area contributed by atoms with Gasteiger partial charge in [0.25, 0.3) is 0 Å². The van der Waals surface area contributed by atoms with Crippen molar-refractivity contribution >= 4 is 0 Å². The molecule has 4 aromatic carbocycles. The summed E-state index contributed by atoms with van der Waals surface area (Å²) in [7, 11) is 0. The van der Waals surface area contributed by atoms with Crippen molar-refractivity contribution in [3.8, 4) is 22.3 Å². The first kappa shape index (κ1) is 28.0. The van der Waals surface area contributed by atoms with Crippen molar-refractivity contribution in [1.82, 2.24) is 0 Å². The van der Waals surface area contributed by atoms with E-state index in [0.717, 1.165) is 0 Å². The Bertz CT molecular complexity index is 1440. The van der Waals surface area contributed by atoms with E-state index in [-0.39, 0.29) is 27.1 Å². The van der Waals surface area contributed by atoms with Crippen LogP contribution < -0.4 is 0 Å². The summed E-state index contributed by atoms with van der Waals surface area (Å²) in [6.07, 6.45) is 0. The first-order valence-corrected chi connectivity index (χ1v) is 15.5. The van der Waals surface area contributed by atoms with Gasteiger partial charge in [-0.1, -0.05) is 156 Å². The van der Waals surface area contributed by atoms with Crippen LogP contribution in [-0.2, 0) is 27.1 Å². The van der Waals surface area contributed by atoms with E-state index in [1.54, 1.807) is 0 Å². The minimum absolute atomic E-state index is 0.0618. The van der Waals surface area contributed by atoms with Gasteiger partial charge in [-0.05, 0) is 88.4 Å². The van der Waals surface area contributed by atoms with Gasteiger partial charge in [0.1, 0.15) is 0 Å². The molecule has 212 valence electrons. The first-order valence-electron chi connectivity index (χ1n) is 15.5. The van der Waals surface area contributed by atoms with Gasteiger partial charge in [-0.3, -0.25) is 0 Å².